The molecule has 1 atom stereocenters. The molecule has 76 valence electrons. The minimum Gasteiger partial charge on any atom is -0.468 e. The van der Waals surface area contributed by atoms with Gasteiger partial charge in [-0.1, -0.05) is 34.1 Å². The molecular weight excluding hydrogens is 246 g/mol. The van der Waals surface area contributed by atoms with E-state index in [1.54, 1.807) is 0 Å². The number of methoxy groups -OCH3 is 1. The molecule has 0 amide bonds. The Hall–Kier alpha value is -0.870. The standard InChI is InChI=1S/C10H12BrNO2/c1-14-10(13)9(12)6-7-4-2-3-5-8(7)11/h2-5,9H,6,12H2,1H3/t9-/m0/s1. The maximum atomic E-state index is 11.1. The minimum absolute atomic E-state index is 0.388. The van der Waals surface area contributed by atoms with Crippen LogP contribution < -0.4 is 5.73 Å². The summed E-state index contributed by atoms with van der Waals surface area (Å²) in [7, 11) is 1.34. The van der Waals surface area contributed by atoms with Crippen molar-refractivity contribution in [3.05, 3.63) is 34.3 Å². The second kappa shape index (κ2) is 5.12. The Morgan fingerprint density at radius 1 is 1.57 bits per heavy atom. The molecule has 2 N–H and O–H groups in total. The van der Waals surface area contributed by atoms with Crippen LogP contribution in [0.3, 0.4) is 0 Å². The van der Waals surface area contributed by atoms with Crippen LogP contribution in [0.4, 0.5) is 0 Å². The highest BCUT2D eigenvalue weighted by Gasteiger charge is 2.15. The van der Waals surface area contributed by atoms with E-state index in [1.165, 1.54) is 7.11 Å². The van der Waals surface area contributed by atoms with Crippen molar-refractivity contribution in [1.29, 1.82) is 0 Å². The summed E-state index contributed by atoms with van der Waals surface area (Å²) in [5.41, 5.74) is 6.64. The lowest BCUT2D eigenvalue weighted by Gasteiger charge is -2.10. The smallest absolute Gasteiger partial charge is 0.322 e. The van der Waals surface area contributed by atoms with Gasteiger partial charge in [-0.05, 0) is 18.1 Å². The maximum Gasteiger partial charge on any atom is 0.322 e. The van der Waals surface area contributed by atoms with Crippen molar-refractivity contribution in [1.82, 2.24) is 0 Å². The fourth-order valence-electron chi connectivity index (χ4n) is 1.14. The van der Waals surface area contributed by atoms with Crippen LogP contribution in [-0.2, 0) is 16.0 Å². The molecule has 0 fully saturated rings. The summed E-state index contributed by atoms with van der Waals surface area (Å²) in [5, 5.41) is 0. The van der Waals surface area contributed by atoms with Crippen LogP contribution in [0.15, 0.2) is 28.7 Å². The number of hydrogen-bond donors (Lipinski definition) is 1. The van der Waals surface area contributed by atoms with Crippen molar-refractivity contribution in [2.45, 2.75) is 12.5 Å². The van der Waals surface area contributed by atoms with Crippen LogP contribution in [0, 0.1) is 0 Å². The molecule has 0 radical (unpaired) electrons. The Morgan fingerprint density at radius 2 is 2.21 bits per heavy atom. The van der Waals surface area contributed by atoms with Crippen molar-refractivity contribution in [3.8, 4) is 0 Å². The number of esters is 1. The first-order chi connectivity index (χ1) is 6.65. The van der Waals surface area contributed by atoms with Gasteiger partial charge >= 0.3 is 5.97 Å². The van der Waals surface area contributed by atoms with Gasteiger partial charge in [-0.3, -0.25) is 4.79 Å². The van der Waals surface area contributed by atoms with E-state index in [2.05, 4.69) is 20.7 Å². The normalized spacial score (nSPS) is 12.2. The molecule has 4 heteroatoms. The molecule has 0 heterocycles. The van der Waals surface area contributed by atoms with Gasteiger partial charge in [0.15, 0.2) is 0 Å². The van der Waals surface area contributed by atoms with Gasteiger partial charge < -0.3 is 10.5 Å². The highest BCUT2D eigenvalue weighted by atomic mass is 79.9. The first kappa shape index (κ1) is 11.2. The molecule has 0 aromatic heterocycles. The Bertz CT molecular complexity index is 328. The first-order valence-corrected chi connectivity index (χ1v) is 5.01. The summed E-state index contributed by atoms with van der Waals surface area (Å²) in [6.45, 7) is 0. The van der Waals surface area contributed by atoms with Gasteiger partial charge in [0.05, 0.1) is 7.11 Å². The number of rotatable bonds is 3. The predicted molar refractivity (Wildman–Crippen MR) is 57.8 cm³/mol. The van der Waals surface area contributed by atoms with E-state index < -0.39 is 6.04 Å². The fraction of sp³-hybridized carbons (Fsp3) is 0.300. The molecule has 1 rings (SSSR count). The van der Waals surface area contributed by atoms with Gasteiger partial charge in [0.1, 0.15) is 6.04 Å². The molecule has 3 nitrogen and oxygen atoms in total. The summed E-state index contributed by atoms with van der Waals surface area (Å²) in [5.74, 6) is -0.388. The third-order valence-corrected chi connectivity index (χ3v) is 2.68. The van der Waals surface area contributed by atoms with E-state index in [1.807, 2.05) is 24.3 Å². The number of benzene rings is 1. The lowest BCUT2D eigenvalue weighted by Crippen LogP contribution is -2.33. The lowest BCUT2D eigenvalue weighted by atomic mass is 10.1. The van der Waals surface area contributed by atoms with Crippen LogP contribution in [0.1, 0.15) is 5.56 Å². The zero-order valence-corrected chi connectivity index (χ0v) is 9.45. The van der Waals surface area contributed by atoms with Crippen molar-refractivity contribution in [2.75, 3.05) is 7.11 Å². The topological polar surface area (TPSA) is 52.3 Å². The van der Waals surface area contributed by atoms with E-state index in [4.69, 9.17) is 5.73 Å². The Labute approximate surface area is 91.4 Å². The van der Waals surface area contributed by atoms with Crippen LogP contribution in [0.2, 0.25) is 0 Å². The van der Waals surface area contributed by atoms with Crippen LogP contribution >= 0.6 is 15.9 Å². The molecule has 0 unspecified atom stereocenters. The largest absolute Gasteiger partial charge is 0.468 e. The summed E-state index contributed by atoms with van der Waals surface area (Å²) in [6, 6.07) is 7.06. The van der Waals surface area contributed by atoms with E-state index in [0.717, 1.165) is 10.0 Å². The highest BCUT2D eigenvalue weighted by Crippen LogP contribution is 2.17. The van der Waals surface area contributed by atoms with E-state index in [0.29, 0.717) is 6.42 Å². The summed E-state index contributed by atoms with van der Waals surface area (Å²) < 4.78 is 5.50. The SMILES string of the molecule is COC(=O)[C@@H](N)Cc1ccccc1Br. The molecule has 0 aliphatic rings. The summed E-state index contributed by atoms with van der Waals surface area (Å²) >= 11 is 3.39. The Balaban J connectivity index is 2.69. The number of carbonyl (C=O) groups excluding carboxylic acids is 1. The van der Waals surface area contributed by atoms with Gasteiger partial charge in [0, 0.05) is 4.47 Å². The van der Waals surface area contributed by atoms with Gasteiger partial charge in [0.2, 0.25) is 0 Å². The van der Waals surface area contributed by atoms with E-state index >= 15 is 0 Å². The molecule has 1 aromatic rings. The van der Waals surface area contributed by atoms with Crippen LogP contribution in [-0.4, -0.2) is 19.1 Å². The monoisotopic (exact) mass is 257 g/mol. The second-order valence-corrected chi connectivity index (χ2v) is 3.78. The van der Waals surface area contributed by atoms with Gasteiger partial charge in [-0.15, -0.1) is 0 Å². The second-order valence-electron chi connectivity index (χ2n) is 2.93. The molecule has 0 spiro atoms. The molecule has 1 aromatic carbocycles. The molecule has 14 heavy (non-hydrogen) atoms. The lowest BCUT2D eigenvalue weighted by molar-refractivity contribution is -0.142. The molecule has 0 bridgehead atoms. The zero-order valence-electron chi connectivity index (χ0n) is 7.87. The van der Waals surface area contributed by atoms with Crippen molar-refractivity contribution in [2.24, 2.45) is 5.73 Å². The molecule has 0 aliphatic heterocycles. The number of halogens is 1. The van der Waals surface area contributed by atoms with E-state index in [-0.39, 0.29) is 5.97 Å². The third kappa shape index (κ3) is 2.82. The minimum atomic E-state index is -0.598. The molecule has 0 saturated carbocycles. The van der Waals surface area contributed by atoms with Crippen LogP contribution in [0.5, 0.6) is 0 Å². The maximum absolute atomic E-state index is 11.1. The fourth-order valence-corrected chi connectivity index (χ4v) is 1.58. The average Bonchev–Trinajstić information content (AvgIpc) is 2.20. The third-order valence-electron chi connectivity index (χ3n) is 1.90. The Kier molecular flexibility index (Phi) is 4.10. The van der Waals surface area contributed by atoms with Crippen molar-refractivity contribution in [3.63, 3.8) is 0 Å². The zero-order chi connectivity index (χ0) is 10.6. The number of carbonyl (C=O) groups is 1. The van der Waals surface area contributed by atoms with Gasteiger partial charge in [0.25, 0.3) is 0 Å². The van der Waals surface area contributed by atoms with E-state index in [9.17, 15) is 4.79 Å². The van der Waals surface area contributed by atoms with Gasteiger partial charge in [-0.2, -0.15) is 0 Å². The summed E-state index contributed by atoms with van der Waals surface area (Å²) in [6.07, 6.45) is 0.480. The molecule has 0 aliphatic carbocycles. The van der Waals surface area contributed by atoms with Crippen molar-refractivity contribution < 1.29 is 9.53 Å². The first-order valence-electron chi connectivity index (χ1n) is 4.22. The average molecular weight is 258 g/mol. The quantitative estimate of drug-likeness (QED) is 0.836. The van der Waals surface area contributed by atoms with Crippen LogP contribution in [0.25, 0.3) is 0 Å². The predicted octanol–water partition coefficient (Wildman–Crippen LogP) is 1.49. The molecular formula is C10H12BrNO2. The van der Waals surface area contributed by atoms with Crippen molar-refractivity contribution >= 4 is 21.9 Å². The molecule has 0 saturated heterocycles. The number of nitrogens with two attached hydrogens (primary N) is 1. The van der Waals surface area contributed by atoms with Gasteiger partial charge in [-0.25, -0.2) is 0 Å². The highest BCUT2D eigenvalue weighted by molar-refractivity contribution is 9.10. The number of hydrogen-bond acceptors (Lipinski definition) is 3. The summed E-state index contributed by atoms with van der Waals surface area (Å²) in [4.78, 5) is 11.1. The number of ether oxygens (including phenoxy) is 1. The Morgan fingerprint density at radius 3 is 2.79 bits per heavy atom.